The summed E-state index contributed by atoms with van der Waals surface area (Å²) in [5.74, 6) is 0. The molecule has 0 aromatic heterocycles. The van der Waals surface area contributed by atoms with Crippen LogP contribution in [0.25, 0.3) is 0 Å². The van der Waals surface area contributed by atoms with Crippen molar-refractivity contribution in [2.24, 2.45) is 17.2 Å². The molecule has 86 valence electrons. The maximum absolute atomic E-state index is 5.64. The predicted octanol–water partition coefficient (Wildman–Crippen LogP) is -0.230. The van der Waals surface area contributed by atoms with Gasteiger partial charge in [-0.05, 0) is 52.2 Å². The predicted molar refractivity (Wildman–Crippen MR) is 62.0 cm³/mol. The molecule has 1 aliphatic rings. The summed E-state index contributed by atoms with van der Waals surface area (Å²) in [6.07, 6.45) is 5.58. The van der Waals surface area contributed by atoms with Gasteiger partial charge in [0.1, 0.15) is 0 Å². The minimum Gasteiger partial charge on any atom is -0.330 e. The summed E-state index contributed by atoms with van der Waals surface area (Å²) in [5.41, 5.74) is 16.5. The van der Waals surface area contributed by atoms with Crippen LogP contribution < -0.4 is 22.5 Å². The second-order valence-corrected chi connectivity index (χ2v) is 3.92. The standard InChI is InChI=1S/C6H14N2.C4H12N2/c7-5-1-2-6(8)4-3-5;1-6-4-2-3-5/h5-6H,1-4,7-8H2;6H,2-5H2,1H3. The number of hydrogen-bond acceptors (Lipinski definition) is 4. The molecule has 1 rings (SSSR count). The van der Waals surface area contributed by atoms with Crippen molar-refractivity contribution in [1.82, 2.24) is 5.32 Å². The van der Waals surface area contributed by atoms with Crippen LogP contribution in [0.3, 0.4) is 0 Å². The summed E-state index contributed by atoms with van der Waals surface area (Å²) in [4.78, 5) is 0. The zero-order chi connectivity index (χ0) is 10.8. The van der Waals surface area contributed by atoms with Crippen LogP contribution in [0, 0.1) is 0 Å². The molecule has 0 aliphatic heterocycles. The summed E-state index contributed by atoms with van der Waals surface area (Å²) >= 11 is 0. The lowest BCUT2D eigenvalue weighted by atomic mass is 9.93. The van der Waals surface area contributed by atoms with Crippen LogP contribution in [-0.2, 0) is 0 Å². The van der Waals surface area contributed by atoms with Crippen molar-refractivity contribution < 1.29 is 0 Å². The highest BCUT2D eigenvalue weighted by atomic mass is 14.8. The van der Waals surface area contributed by atoms with Crippen LogP contribution in [0.1, 0.15) is 32.1 Å². The lowest BCUT2D eigenvalue weighted by Gasteiger charge is -2.22. The molecule has 1 saturated carbocycles. The lowest BCUT2D eigenvalue weighted by Crippen LogP contribution is -2.33. The Hall–Kier alpha value is -0.160. The van der Waals surface area contributed by atoms with Gasteiger partial charge in [-0.3, -0.25) is 0 Å². The van der Waals surface area contributed by atoms with E-state index in [-0.39, 0.29) is 0 Å². The third-order valence-electron chi connectivity index (χ3n) is 2.45. The quantitative estimate of drug-likeness (QED) is 0.476. The van der Waals surface area contributed by atoms with Crippen molar-refractivity contribution >= 4 is 0 Å². The summed E-state index contributed by atoms with van der Waals surface area (Å²) in [7, 11) is 1.93. The van der Waals surface area contributed by atoms with Gasteiger partial charge in [-0.15, -0.1) is 0 Å². The van der Waals surface area contributed by atoms with E-state index < -0.39 is 0 Å². The normalized spacial score (nSPS) is 26.6. The van der Waals surface area contributed by atoms with Crippen LogP contribution in [0.15, 0.2) is 0 Å². The summed E-state index contributed by atoms with van der Waals surface area (Å²) in [5, 5.41) is 2.99. The molecule has 0 amide bonds. The Balaban J connectivity index is 0.000000255. The van der Waals surface area contributed by atoms with E-state index in [0.29, 0.717) is 12.1 Å². The second kappa shape index (κ2) is 9.40. The molecule has 0 aromatic rings. The van der Waals surface area contributed by atoms with Crippen molar-refractivity contribution in [1.29, 1.82) is 0 Å². The highest BCUT2D eigenvalue weighted by Crippen LogP contribution is 2.14. The zero-order valence-corrected chi connectivity index (χ0v) is 9.34. The van der Waals surface area contributed by atoms with E-state index >= 15 is 0 Å². The molecule has 0 radical (unpaired) electrons. The summed E-state index contributed by atoms with van der Waals surface area (Å²) in [6.45, 7) is 1.83. The van der Waals surface area contributed by atoms with E-state index in [1.807, 2.05) is 7.05 Å². The molecule has 0 heterocycles. The second-order valence-electron chi connectivity index (χ2n) is 3.92. The topological polar surface area (TPSA) is 90.1 Å². The first-order valence-electron chi connectivity index (χ1n) is 5.56. The molecular weight excluding hydrogens is 176 g/mol. The van der Waals surface area contributed by atoms with Gasteiger partial charge in [-0.25, -0.2) is 0 Å². The van der Waals surface area contributed by atoms with Crippen molar-refractivity contribution in [3.63, 3.8) is 0 Å². The molecule has 0 atom stereocenters. The molecule has 4 heteroatoms. The van der Waals surface area contributed by atoms with Gasteiger partial charge >= 0.3 is 0 Å². The van der Waals surface area contributed by atoms with Crippen molar-refractivity contribution in [3.8, 4) is 0 Å². The lowest BCUT2D eigenvalue weighted by molar-refractivity contribution is 0.395. The molecule has 0 bridgehead atoms. The third kappa shape index (κ3) is 8.44. The molecule has 1 fully saturated rings. The maximum atomic E-state index is 5.64. The Morgan fingerprint density at radius 1 is 1.07 bits per heavy atom. The van der Waals surface area contributed by atoms with Crippen molar-refractivity contribution in [3.05, 3.63) is 0 Å². The van der Waals surface area contributed by atoms with Gasteiger partial charge in [0.15, 0.2) is 0 Å². The van der Waals surface area contributed by atoms with E-state index in [9.17, 15) is 0 Å². The molecule has 0 spiro atoms. The highest BCUT2D eigenvalue weighted by Gasteiger charge is 2.13. The highest BCUT2D eigenvalue weighted by molar-refractivity contribution is 4.75. The van der Waals surface area contributed by atoms with E-state index in [1.54, 1.807) is 0 Å². The van der Waals surface area contributed by atoms with E-state index in [2.05, 4.69) is 5.32 Å². The van der Waals surface area contributed by atoms with Gasteiger partial charge in [0.05, 0.1) is 0 Å². The van der Waals surface area contributed by atoms with Crippen LogP contribution in [0.2, 0.25) is 0 Å². The molecule has 0 unspecified atom stereocenters. The van der Waals surface area contributed by atoms with Gasteiger partial charge in [0, 0.05) is 12.1 Å². The SMILES string of the molecule is CNCCCN.NC1CCC(N)CC1. The molecular formula is C10H26N4. The van der Waals surface area contributed by atoms with Crippen molar-refractivity contribution in [2.45, 2.75) is 44.2 Å². The van der Waals surface area contributed by atoms with Gasteiger partial charge in [0.25, 0.3) is 0 Å². The number of nitrogens with two attached hydrogens (primary N) is 3. The first-order chi connectivity index (χ1) is 6.70. The number of rotatable bonds is 3. The average Bonchev–Trinajstić information content (AvgIpc) is 2.20. The minimum absolute atomic E-state index is 0.440. The fourth-order valence-corrected chi connectivity index (χ4v) is 1.42. The smallest absolute Gasteiger partial charge is 0.00399 e. The monoisotopic (exact) mass is 202 g/mol. The minimum atomic E-state index is 0.440. The molecule has 1 aliphatic carbocycles. The van der Waals surface area contributed by atoms with Gasteiger partial charge in [0.2, 0.25) is 0 Å². The van der Waals surface area contributed by atoms with Gasteiger partial charge < -0.3 is 22.5 Å². The fraction of sp³-hybridized carbons (Fsp3) is 1.00. The Labute approximate surface area is 87.6 Å². The molecule has 0 aromatic carbocycles. The molecule has 4 nitrogen and oxygen atoms in total. The zero-order valence-electron chi connectivity index (χ0n) is 9.34. The summed E-state index contributed by atoms with van der Waals surface area (Å²) < 4.78 is 0. The van der Waals surface area contributed by atoms with Crippen LogP contribution in [0.4, 0.5) is 0 Å². The van der Waals surface area contributed by atoms with E-state index in [0.717, 1.165) is 45.2 Å². The van der Waals surface area contributed by atoms with Crippen LogP contribution in [-0.4, -0.2) is 32.2 Å². The Morgan fingerprint density at radius 2 is 1.50 bits per heavy atom. The van der Waals surface area contributed by atoms with Gasteiger partial charge in [-0.2, -0.15) is 0 Å². The number of nitrogens with one attached hydrogen (secondary N) is 1. The Kier molecular flexibility index (Phi) is 9.29. The number of hydrogen-bond donors (Lipinski definition) is 4. The average molecular weight is 202 g/mol. The Morgan fingerprint density at radius 3 is 1.71 bits per heavy atom. The maximum Gasteiger partial charge on any atom is 0.00399 e. The summed E-state index contributed by atoms with van der Waals surface area (Å²) in [6, 6.07) is 0.879. The molecule has 14 heavy (non-hydrogen) atoms. The Bertz CT molecular complexity index is 96.7. The van der Waals surface area contributed by atoms with Gasteiger partial charge in [-0.1, -0.05) is 0 Å². The largest absolute Gasteiger partial charge is 0.330 e. The fourth-order valence-electron chi connectivity index (χ4n) is 1.42. The third-order valence-corrected chi connectivity index (χ3v) is 2.45. The van der Waals surface area contributed by atoms with Crippen LogP contribution >= 0.6 is 0 Å². The molecule has 0 saturated heterocycles. The van der Waals surface area contributed by atoms with E-state index in [4.69, 9.17) is 17.2 Å². The van der Waals surface area contributed by atoms with E-state index in [1.165, 1.54) is 0 Å². The molecule has 7 N–H and O–H groups in total. The van der Waals surface area contributed by atoms with Crippen LogP contribution in [0.5, 0.6) is 0 Å². The van der Waals surface area contributed by atoms with Crippen molar-refractivity contribution in [2.75, 3.05) is 20.1 Å². The first-order valence-corrected chi connectivity index (χ1v) is 5.56. The first kappa shape index (κ1) is 13.8.